The molecule has 1 saturated heterocycles. The van der Waals surface area contributed by atoms with Crippen molar-refractivity contribution in [3.63, 3.8) is 0 Å². The van der Waals surface area contributed by atoms with Crippen LogP contribution < -0.4 is 20.3 Å². The fourth-order valence-electron chi connectivity index (χ4n) is 4.90. The summed E-state index contributed by atoms with van der Waals surface area (Å²) < 4.78 is 15.5. The maximum absolute atomic E-state index is 13.3. The Labute approximate surface area is 244 Å². The number of carbonyl (C=O) groups excluding carboxylic acids is 3. The summed E-state index contributed by atoms with van der Waals surface area (Å²) in [6.45, 7) is 4.28. The zero-order chi connectivity index (χ0) is 28.1. The van der Waals surface area contributed by atoms with Crippen molar-refractivity contribution in [1.82, 2.24) is 9.62 Å². The third kappa shape index (κ3) is 6.90. The molecule has 4 amide bonds. The van der Waals surface area contributed by atoms with Gasteiger partial charge in [0.25, 0.3) is 5.91 Å². The van der Waals surface area contributed by atoms with Gasteiger partial charge in [0.15, 0.2) is 11.0 Å². The Morgan fingerprint density at radius 2 is 1.73 bits per heavy atom. The van der Waals surface area contributed by atoms with E-state index in [-0.39, 0.29) is 18.2 Å². The third-order valence-corrected chi connectivity index (χ3v) is 9.46. The average Bonchev–Trinajstić information content (AvgIpc) is 3.39. The Morgan fingerprint density at radius 1 is 0.975 bits per heavy atom. The number of likely N-dealkylation sites (tertiary alicyclic amines) is 1. The largest absolute Gasteiger partial charge is 0.385 e. The first-order valence-electron chi connectivity index (χ1n) is 13.2. The lowest BCUT2D eigenvalue weighted by molar-refractivity contribution is -0.117. The molecule has 2 aromatic carbocycles. The fourth-order valence-corrected chi connectivity index (χ4v) is 7.02. The number of piperidine rings is 1. The molecule has 0 bridgehead atoms. The van der Waals surface area contributed by atoms with Crippen molar-refractivity contribution in [2.45, 2.75) is 36.3 Å². The molecule has 12 heteroatoms. The predicted molar refractivity (Wildman–Crippen MR) is 160 cm³/mol. The van der Waals surface area contributed by atoms with Gasteiger partial charge in [-0.3, -0.25) is 14.3 Å². The molecule has 0 saturated carbocycles. The van der Waals surface area contributed by atoms with E-state index in [2.05, 4.69) is 20.3 Å². The summed E-state index contributed by atoms with van der Waals surface area (Å²) in [5, 5.41) is 6.02. The number of thiophene rings is 1. The Bertz CT molecular complexity index is 1420. The van der Waals surface area contributed by atoms with Gasteiger partial charge in [-0.05, 0) is 99.1 Å². The normalized spacial score (nSPS) is 16.4. The number of halogens is 1. The number of rotatable bonds is 9. The highest BCUT2D eigenvalue weighted by Crippen LogP contribution is 2.29. The molecule has 3 N–H and O–H groups in total. The van der Waals surface area contributed by atoms with Crippen molar-refractivity contribution in [1.29, 1.82) is 0 Å². The highest BCUT2D eigenvalue weighted by atomic mass is 35.5. The van der Waals surface area contributed by atoms with Crippen LogP contribution in [-0.4, -0.2) is 53.1 Å². The van der Waals surface area contributed by atoms with Crippen LogP contribution in [0.4, 0.5) is 21.9 Å². The number of urea groups is 1. The van der Waals surface area contributed by atoms with Gasteiger partial charge in [-0.1, -0.05) is 18.0 Å². The number of nitrogens with one attached hydrogen (secondary N) is 3. The first kappa shape index (κ1) is 28.3. The smallest absolute Gasteiger partial charge is 0.331 e. The average molecular weight is 600 g/mol. The molecular formula is C28H30ClN5O4S2. The van der Waals surface area contributed by atoms with E-state index in [1.165, 1.54) is 32.4 Å². The van der Waals surface area contributed by atoms with Crippen molar-refractivity contribution in [3.8, 4) is 0 Å². The molecule has 2 aliphatic heterocycles. The number of hydrogen-bond acceptors (Lipinski definition) is 7. The van der Waals surface area contributed by atoms with Gasteiger partial charge >= 0.3 is 6.03 Å². The number of imide groups is 1. The van der Waals surface area contributed by atoms with Gasteiger partial charge in [0, 0.05) is 23.5 Å². The second-order valence-corrected chi connectivity index (χ2v) is 12.9. The van der Waals surface area contributed by atoms with Gasteiger partial charge in [-0.15, -0.1) is 11.3 Å². The predicted octanol–water partition coefficient (Wildman–Crippen LogP) is 5.26. The molecule has 0 aliphatic carbocycles. The van der Waals surface area contributed by atoms with E-state index in [9.17, 15) is 18.6 Å². The van der Waals surface area contributed by atoms with Crippen LogP contribution in [-0.2, 0) is 22.2 Å². The van der Waals surface area contributed by atoms with Crippen LogP contribution in [0.2, 0.25) is 4.34 Å². The van der Waals surface area contributed by atoms with Crippen LogP contribution in [0.15, 0.2) is 58.8 Å². The molecule has 1 fully saturated rings. The lowest BCUT2D eigenvalue weighted by atomic mass is 9.97. The van der Waals surface area contributed by atoms with Crippen LogP contribution in [0.25, 0.3) is 0 Å². The van der Waals surface area contributed by atoms with Crippen LogP contribution in [0, 0.1) is 0 Å². The zero-order valence-electron chi connectivity index (χ0n) is 21.8. The quantitative estimate of drug-likeness (QED) is 0.228. The number of fused-ring (bicyclic) bond motifs is 1. The Kier molecular flexibility index (Phi) is 9.15. The van der Waals surface area contributed by atoms with Crippen LogP contribution in [0.1, 0.15) is 41.6 Å². The number of anilines is 3. The second-order valence-electron chi connectivity index (χ2n) is 9.70. The summed E-state index contributed by atoms with van der Waals surface area (Å²) in [7, 11) is -1.74. The van der Waals surface area contributed by atoms with Crippen LogP contribution in [0.5, 0.6) is 0 Å². The zero-order valence-corrected chi connectivity index (χ0v) is 24.2. The fraction of sp³-hybridized carbons (Fsp3) is 0.321. The summed E-state index contributed by atoms with van der Waals surface area (Å²) in [5.41, 5.74) is 2.93. The van der Waals surface area contributed by atoms with Crippen molar-refractivity contribution in [2.24, 2.45) is 0 Å². The van der Waals surface area contributed by atoms with Crippen molar-refractivity contribution in [3.05, 3.63) is 70.1 Å². The Balaban J connectivity index is 1.16. The number of amides is 4. The molecule has 210 valence electrons. The lowest BCUT2D eigenvalue weighted by Gasteiger charge is -2.27. The van der Waals surface area contributed by atoms with E-state index < -0.39 is 17.0 Å². The van der Waals surface area contributed by atoms with E-state index in [0.29, 0.717) is 31.0 Å². The maximum atomic E-state index is 13.3. The van der Waals surface area contributed by atoms with Crippen molar-refractivity contribution in [2.75, 3.05) is 41.7 Å². The minimum atomic E-state index is -1.74. The topological polar surface area (TPSA) is 111 Å². The van der Waals surface area contributed by atoms with Gasteiger partial charge in [0.2, 0.25) is 5.91 Å². The van der Waals surface area contributed by atoms with E-state index >= 15 is 0 Å². The van der Waals surface area contributed by atoms with E-state index in [4.69, 9.17) is 11.6 Å². The Morgan fingerprint density at radius 3 is 2.45 bits per heavy atom. The van der Waals surface area contributed by atoms with E-state index in [1.807, 2.05) is 12.1 Å². The second kappa shape index (κ2) is 12.9. The summed E-state index contributed by atoms with van der Waals surface area (Å²) in [6.07, 6.45) is 5.05. The maximum Gasteiger partial charge on any atom is 0.331 e. The number of nitrogens with zero attached hydrogens (tertiary/aromatic N) is 2. The molecule has 5 rings (SSSR count). The number of hydrogen-bond donors (Lipinski definition) is 3. The molecule has 3 aromatic rings. The van der Waals surface area contributed by atoms with Gasteiger partial charge in [0.05, 0.1) is 16.4 Å². The monoisotopic (exact) mass is 599 g/mol. The summed E-state index contributed by atoms with van der Waals surface area (Å²) in [5.74, 6) is -0.699. The first-order chi connectivity index (χ1) is 19.4. The van der Waals surface area contributed by atoms with Crippen molar-refractivity contribution >= 4 is 68.8 Å². The SMILES string of the molecule is O=C(Nc1ccc(N2C(=O)Cc3cc(NCCCN4CCCCC4)ccc3C2=O)cc1)NS(=O)c1ccc(Cl)s1. The van der Waals surface area contributed by atoms with E-state index in [0.717, 1.165) is 41.4 Å². The molecule has 2 aliphatic rings. The molecule has 3 heterocycles. The van der Waals surface area contributed by atoms with E-state index in [1.54, 1.807) is 42.5 Å². The standard InChI is InChI=1S/C28H30ClN5O4S2/c29-24-11-12-26(39-24)40(38)32-28(37)31-20-5-8-22(9-6-20)34-25(35)18-19-17-21(7-10-23(19)27(34)36)30-13-4-16-33-14-2-1-3-15-33/h5-12,17,30H,1-4,13-16,18H2,(H2,31,32,37). The van der Waals surface area contributed by atoms with Crippen LogP contribution >= 0.6 is 22.9 Å². The highest BCUT2D eigenvalue weighted by molar-refractivity contribution is 7.86. The van der Waals surface area contributed by atoms with Gasteiger partial charge in [-0.25, -0.2) is 13.9 Å². The molecule has 0 radical (unpaired) electrons. The highest BCUT2D eigenvalue weighted by Gasteiger charge is 2.32. The minimum absolute atomic E-state index is 0.116. The molecule has 9 nitrogen and oxygen atoms in total. The Hall–Kier alpha value is -3.25. The van der Waals surface area contributed by atoms with Crippen molar-refractivity contribution < 1.29 is 18.6 Å². The van der Waals surface area contributed by atoms with Crippen LogP contribution in [0.3, 0.4) is 0 Å². The summed E-state index contributed by atoms with van der Waals surface area (Å²) in [6, 6.07) is 14.4. The molecule has 1 aromatic heterocycles. The van der Waals surface area contributed by atoms with Gasteiger partial charge in [-0.2, -0.15) is 0 Å². The molecule has 1 atom stereocenters. The van der Waals surface area contributed by atoms with Gasteiger partial charge < -0.3 is 15.5 Å². The number of benzene rings is 2. The lowest BCUT2D eigenvalue weighted by Crippen LogP contribution is -2.42. The molecule has 0 spiro atoms. The summed E-state index contributed by atoms with van der Waals surface area (Å²) >= 11 is 6.97. The third-order valence-electron chi connectivity index (χ3n) is 6.86. The van der Waals surface area contributed by atoms with Gasteiger partial charge in [0.1, 0.15) is 4.21 Å². The first-order valence-corrected chi connectivity index (χ1v) is 15.5. The minimum Gasteiger partial charge on any atom is -0.385 e. The number of carbonyl (C=O) groups is 3. The molecule has 40 heavy (non-hydrogen) atoms. The molecule has 1 unspecified atom stereocenters. The molecular weight excluding hydrogens is 570 g/mol. The summed E-state index contributed by atoms with van der Waals surface area (Å²) in [4.78, 5) is 42.2.